The van der Waals surface area contributed by atoms with Crippen molar-refractivity contribution in [2.24, 2.45) is 0 Å². The maximum atomic E-state index is 13.7. The highest BCUT2D eigenvalue weighted by Crippen LogP contribution is 2.25. The summed E-state index contributed by atoms with van der Waals surface area (Å²) in [6.45, 7) is 2.36. The van der Waals surface area contributed by atoms with E-state index in [4.69, 9.17) is 10.5 Å². The van der Waals surface area contributed by atoms with Crippen LogP contribution in [0.5, 0.6) is 0 Å². The van der Waals surface area contributed by atoms with Crippen molar-refractivity contribution in [2.75, 3.05) is 25.9 Å². The van der Waals surface area contributed by atoms with Gasteiger partial charge < -0.3 is 10.5 Å². The predicted molar refractivity (Wildman–Crippen MR) is 79.0 cm³/mol. The van der Waals surface area contributed by atoms with Crippen LogP contribution in [0, 0.1) is 12.7 Å². The summed E-state index contributed by atoms with van der Waals surface area (Å²) in [7, 11) is -2.30. The van der Waals surface area contributed by atoms with Crippen molar-refractivity contribution in [2.45, 2.75) is 37.2 Å². The van der Waals surface area contributed by atoms with Crippen LogP contribution in [-0.2, 0) is 14.8 Å². The summed E-state index contributed by atoms with van der Waals surface area (Å²) in [5.41, 5.74) is 5.74. The number of halogens is 1. The number of hydrogen-bond donors (Lipinski definition) is 1. The molecular weight excluding hydrogens is 295 g/mol. The monoisotopic (exact) mass is 316 g/mol. The third-order valence-electron chi connectivity index (χ3n) is 3.74. The second-order valence-corrected chi connectivity index (χ2v) is 7.41. The highest BCUT2D eigenvalue weighted by molar-refractivity contribution is 7.89. The molecule has 1 unspecified atom stereocenters. The molecule has 0 aromatic heterocycles. The molecule has 118 valence electrons. The van der Waals surface area contributed by atoms with Gasteiger partial charge in [0.1, 0.15) is 5.82 Å². The number of nitrogens with two attached hydrogens (primary N) is 1. The molecule has 0 radical (unpaired) electrons. The molecule has 0 saturated carbocycles. The van der Waals surface area contributed by atoms with Crippen molar-refractivity contribution in [1.29, 1.82) is 0 Å². The number of hydrogen-bond acceptors (Lipinski definition) is 4. The zero-order valence-corrected chi connectivity index (χ0v) is 13.1. The van der Waals surface area contributed by atoms with Gasteiger partial charge in [-0.25, -0.2) is 12.8 Å². The van der Waals surface area contributed by atoms with E-state index in [2.05, 4.69) is 0 Å². The first-order valence-corrected chi connectivity index (χ1v) is 8.40. The standard InChI is InChI=1S/C14H21FN2O3S/c1-10-13(15)7-11(16)8-14(10)21(18,19)17(2)9-12-5-3-4-6-20-12/h7-8,12H,3-6,9,16H2,1-2H3. The Kier molecular flexibility index (Phi) is 4.85. The highest BCUT2D eigenvalue weighted by Gasteiger charge is 2.27. The number of nitrogens with zero attached hydrogens (tertiary/aromatic N) is 1. The Hall–Kier alpha value is -1.18. The molecule has 0 aliphatic carbocycles. The minimum absolute atomic E-state index is 0.0839. The van der Waals surface area contributed by atoms with Crippen LogP contribution < -0.4 is 5.73 Å². The van der Waals surface area contributed by atoms with Crippen LogP contribution in [0.3, 0.4) is 0 Å². The largest absolute Gasteiger partial charge is 0.399 e. The lowest BCUT2D eigenvalue weighted by molar-refractivity contribution is 0.00858. The van der Waals surface area contributed by atoms with Crippen molar-refractivity contribution in [3.05, 3.63) is 23.5 Å². The van der Waals surface area contributed by atoms with Gasteiger partial charge in [0.15, 0.2) is 0 Å². The van der Waals surface area contributed by atoms with Crippen molar-refractivity contribution in [3.8, 4) is 0 Å². The van der Waals surface area contributed by atoms with Crippen LogP contribution in [0.1, 0.15) is 24.8 Å². The third kappa shape index (κ3) is 3.53. The zero-order valence-electron chi connectivity index (χ0n) is 12.3. The van der Waals surface area contributed by atoms with Crippen molar-refractivity contribution < 1.29 is 17.5 Å². The molecule has 1 saturated heterocycles. The topological polar surface area (TPSA) is 72.6 Å². The van der Waals surface area contributed by atoms with E-state index in [0.717, 1.165) is 25.3 Å². The molecular formula is C14H21FN2O3S. The van der Waals surface area contributed by atoms with E-state index >= 15 is 0 Å². The third-order valence-corrected chi connectivity index (χ3v) is 5.69. The van der Waals surface area contributed by atoms with Gasteiger partial charge in [0.05, 0.1) is 11.0 Å². The van der Waals surface area contributed by atoms with Gasteiger partial charge in [0.25, 0.3) is 0 Å². The lowest BCUT2D eigenvalue weighted by Gasteiger charge is -2.27. The van der Waals surface area contributed by atoms with Crippen LogP contribution in [-0.4, -0.2) is 39.0 Å². The van der Waals surface area contributed by atoms with E-state index in [0.29, 0.717) is 6.61 Å². The Morgan fingerprint density at radius 3 is 2.76 bits per heavy atom. The fourth-order valence-electron chi connectivity index (χ4n) is 2.45. The molecule has 21 heavy (non-hydrogen) atoms. The minimum atomic E-state index is -3.78. The average molecular weight is 316 g/mol. The van der Waals surface area contributed by atoms with E-state index in [1.54, 1.807) is 0 Å². The van der Waals surface area contributed by atoms with Gasteiger partial charge in [0.2, 0.25) is 10.0 Å². The van der Waals surface area contributed by atoms with E-state index in [9.17, 15) is 12.8 Å². The molecule has 1 heterocycles. The van der Waals surface area contributed by atoms with Gasteiger partial charge in [0, 0.05) is 31.5 Å². The summed E-state index contributed by atoms with van der Waals surface area (Å²) in [5.74, 6) is -0.615. The van der Waals surface area contributed by atoms with Gasteiger partial charge in [-0.1, -0.05) is 0 Å². The summed E-state index contributed by atoms with van der Waals surface area (Å²) in [5, 5.41) is 0. The second-order valence-electron chi connectivity index (χ2n) is 5.40. The summed E-state index contributed by atoms with van der Waals surface area (Å²) >= 11 is 0. The number of benzene rings is 1. The number of rotatable bonds is 4. The Labute approximate surface area is 124 Å². The van der Waals surface area contributed by atoms with Crippen LogP contribution in [0.2, 0.25) is 0 Å². The average Bonchev–Trinajstić information content (AvgIpc) is 2.43. The van der Waals surface area contributed by atoms with Crippen LogP contribution >= 0.6 is 0 Å². The number of nitrogen functional groups attached to an aromatic ring is 1. The van der Waals surface area contributed by atoms with E-state index in [-0.39, 0.29) is 28.8 Å². The Balaban J connectivity index is 2.24. The zero-order chi connectivity index (χ0) is 15.6. The minimum Gasteiger partial charge on any atom is -0.399 e. The van der Waals surface area contributed by atoms with Crippen LogP contribution in [0.15, 0.2) is 17.0 Å². The Morgan fingerprint density at radius 2 is 2.14 bits per heavy atom. The summed E-state index contributed by atoms with van der Waals surface area (Å²) in [4.78, 5) is -0.0849. The molecule has 7 heteroatoms. The van der Waals surface area contributed by atoms with Crippen molar-refractivity contribution in [3.63, 3.8) is 0 Å². The summed E-state index contributed by atoms with van der Waals surface area (Å²) in [6.07, 6.45) is 2.77. The number of anilines is 1. The molecule has 0 amide bonds. The molecule has 1 aromatic carbocycles. The smallest absolute Gasteiger partial charge is 0.243 e. The van der Waals surface area contributed by atoms with E-state index in [1.807, 2.05) is 0 Å². The SMILES string of the molecule is Cc1c(F)cc(N)cc1S(=O)(=O)N(C)CC1CCCCO1. The Morgan fingerprint density at radius 1 is 1.43 bits per heavy atom. The molecule has 5 nitrogen and oxygen atoms in total. The molecule has 1 aliphatic rings. The predicted octanol–water partition coefficient (Wildman–Crippen LogP) is 1.91. The van der Waals surface area contributed by atoms with Crippen LogP contribution in [0.4, 0.5) is 10.1 Å². The molecule has 0 spiro atoms. The first kappa shape index (κ1) is 16.2. The fraction of sp³-hybridized carbons (Fsp3) is 0.571. The molecule has 1 atom stereocenters. The van der Waals surface area contributed by atoms with E-state index in [1.165, 1.54) is 24.3 Å². The van der Waals surface area contributed by atoms with Crippen molar-refractivity contribution in [1.82, 2.24) is 4.31 Å². The number of ether oxygens (including phenoxy) is 1. The second kappa shape index (κ2) is 6.29. The van der Waals surface area contributed by atoms with Gasteiger partial charge in [-0.2, -0.15) is 4.31 Å². The highest BCUT2D eigenvalue weighted by atomic mass is 32.2. The molecule has 2 N–H and O–H groups in total. The van der Waals surface area contributed by atoms with Crippen molar-refractivity contribution >= 4 is 15.7 Å². The maximum Gasteiger partial charge on any atom is 0.243 e. The van der Waals surface area contributed by atoms with Gasteiger partial charge in [-0.05, 0) is 38.3 Å². The first-order valence-electron chi connectivity index (χ1n) is 6.96. The molecule has 1 fully saturated rings. The van der Waals surface area contributed by atoms with Gasteiger partial charge in [-0.15, -0.1) is 0 Å². The normalized spacial score (nSPS) is 19.9. The number of sulfonamides is 1. The number of likely N-dealkylation sites (N-methyl/N-ethyl adjacent to an activating group) is 1. The van der Waals surface area contributed by atoms with E-state index < -0.39 is 15.8 Å². The Bertz CT molecular complexity index is 613. The van der Waals surface area contributed by atoms with Gasteiger partial charge in [-0.3, -0.25) is 0 Å². The first-order chi connectivity index (χ1) is 9.82. The summed E-state index contributed by atoms with van der Waals surface area (Å²) in [6, 6.07) is 2.42. The quantitative estimate of drug-likeness (QED) is 0.861. The molecule has 2 rings (SSSR count). The van der Waals surface area contributed by atoms with Crippen LogP contribution in [0.25, 0.3) is 0 Å². The summed E-state index contributed by atoms with van der Waals surface area (Å²) < 4.78 is 45.6. The lowest BCUT2D eigenvalue weighted by Crippen LogP contribution is -2.37. The lowest BCUT2D eigenvalue weighted by atomic mass is 10.1. The molecule has 0 bridgehead atoms. The molecule has 1 aromatic rings. The maximum absolute atomic E-state index is 13.7. The fourth-order valence-corrected chi connectivity index (χ4v) is 3.91. The van der Waals surface area contributed by atoms with Gasteiger partial charge >= 0.3 is 0 Å². The molecule has 1 aliphatic heterocycles.